The monoisotopic (exact) mass is 391 g/mol. The Balaban J connectivity index is 1.38. The number of piperazine rings is 1. The third kappa shape index (κ3) is 4.26. The molecular formula is C23H25N3O3. The van der Waals surface area contributed by atoms with Gasteiger partial charge in [-0.15, -0.1) is 0 Å². The molecule has 0 saturated carbocycles. The van der Waals surface area contributed by atoms with Gasteiger partial charge in [0, 0.05) is 37.4 Å². The van der Waals surface area contributed by atoms with E-state index < -0.39 is 5.76 Å². The van der Waals surface area contributed by atoms with E-state index in [2.05, 4.69) is 36.1 Å². The summed E-state index contributed by atoms with van der Waals surface area (Å²) >= 11 is 0. The second kappa shape index (κ2) is 7.99. The van der Waals surface area contributed by atoms with Crippen LogP contribution in [0.4, 0.5) is 5.69 Å². The molecule has 1 aromatic heterocycles. The van der Waals surface area contributed by atoms with E-state index in [4.69, 9.17) is 4.42 Å². The van der Waals surface area contributed by atoms with E-state index in [1.165, 1.54) is 15.8 Å². The van der Waals surface area contributed by atoms with E-state index in [1.54, 1.807) is 6.20 Å². The molecule has 2 heterocycles. The van der Waals surface area contributed by atoms with Crippen LogP contribution in [-0.2, 0) is 11.3 Å². The number of amides is 1. The first kappa shape index (κ1) is 19.1. The van der Waals surface area contributed by atoms with Crippen LogP contribution in [0.15, 0.2) is 63.9 Å². The zero-order valence-corrected chi connectivity index (χ0v) is 16.8. The Labute approximate surface area is 170 Å². The lowest BCUT2D eigenvalue weighted by Gasteiger charge is -2.36. The molecule has 6 nitrogen and oxygen atoms in total. The van der Waals surface area contributed by atoms with Crippen molar-refractivity contribution in [3.63, 3.8) is 0 Å². The van der Waals surface area contributed by atoms with Crippen LogP contribution in [0.5, 0.6) is 0 Å². The molecule has 0 atom stereocenters. The fourth-order valence-electron chi connectivity index (χ4n) is 3.55. The Morgan fingerprint density at radius 1 is 0.897 bits per heavy atom. The number of hydrogen-bond acceptors (Lipinski definition) is 4. The molecule has 1 fully saturated rings. The zero-order valence-electron chi connectivity index (χ0n) is 16.8. The Hall–Kier alpha value is -3.28. The maximum Gasteiger partial charge on any atom is 0.419 e. The quantitative estimate of drug-likeness (QED) is 0.686. The molecule has 3 aromatic rings. The number of carbonyl (C=O) groups excluding carboxylic acids is 1. The molecular weight excluding hydrogens is 366 g/mol. The highest BCUT2D eigenvalue weighted by Gasteiger charge is 2.22. The summed E-state index contributed by atoms with van der Waals surface area (Å²) in [7, 11) is 0. The highest BCUT2D eigenvalue weighted by atomic mass is 16.4. The molecule has 150 valence electrons. The van der Waals surface area contributed by atoms with E-state index in [1.807, 2.05) is 36.1 Å². The van der Waals surface area contributed by atoms with Gasteiger partial charge in [-0.05, 0) is 26.0 Å². The minimum atomic E-state index is -0.507. The van der Waals surface area contributed by atoms with Crippen molar-refractivity contribution in [3.05, 3.63) is 76.4 Å². The van der Waals surface area contributed by atoms with Crippen LogP contribution in [0.2, 0.25) is 0 Å². The van der Waals surface area contributed by atoms with E-state index in [0.717, 1.165) is 24.2 Å². The minimum Gasteiger partial charge on any atom is -0.408 e. The van der Waals surface area contributed by atoms with Gasteiger partial charge in [-0.2, -0.15) is 0 Å². The second-order valence-electron chi connectivity index (χ2n) is 7.56. The molecule has 0 spiro atoms. The molecule has 0 radical (unpaired) electrons. The molecule has 29 heavy (non-hydrogen) atoms. The lowest BCUT2D eigenvalue weighted by Crippen LogP contribution is -2.50. The van der Waals surface area contributed by atoms with Gasteiger partial charge in [-0.3, -0.25) is 9.36 Å². The van der Waals surface area contributed by atoms with Crippen molar-refractivity contribution in [2.75, 3.05) is 31.1 Å². The standard InChI is InChI=1S/C23H25N3O3/c1-17-3-7-19(8-4-17)21-15-26(23(28)29-21)16-22(27)25-13-11-24(12-14-25)20-9-5-18(2)6-10-20/h3-10,15H,11-14,16H2,1-2H3. The minimum absolute atomic E-state index is 0.00126. The molecule has 0 aliphatic carbocycles. The van der Waals surface area contributed by atoms with Gasteiger partial charge in [0.1, 0.15) is 6.54 Å². The van der Waals surface area contributed by atoms with Crippen LogP contribution in [0.1, 0.15) is 11.1 Å². The molecule has 1 aliphatic heterocycles. The van der Waals surface area contributed by atoms with E-state index in [9.17, 15) is 9.59 Å². The van der Waals surface area contributed by atoms with Crippen LogP contribution in [0.3, 0.4) is 0 Å². The average Bonchev–Trinajstić information content (AvgIpc) is 3.09. The SMILES string of the molecule is Cc1ccc(-c2cn(CC(=O)N3CCN(c4ccc(C)cc4)CC3)c(=O)o2)cc1. The van der Waals surface area contributed by atoms with Crippen LogP contribution in [0.25, 0.3) is 11.3 Å². The summed E-state index contributed by atoms with van der Waals surface area (Å²) < 4.78 is 6.69. The first-order valence-corrected chi connectivity index (χ1v) is 9.86. The fraction of sp³-hybridized carbons (Fsp3) is 0.304. The Bertz CT molecular complexity index is 1040. The Morgan fingerprint density at radius 2 is 1.48 bits per heavy atom. The summed E-state index contributed by atoms with van der Waals surface area (Å²) in [5.74, 6) is -0.0916. The molecule has 6 heteroatoms. The maximum absolute atomic E-state index is 12.7. The van der Waals surface area contributed by atoms with Gasteiger partial charge in [0.2, 0.25) is 5.91 Å². The van der Waals surface area contributed by atoms with Gasteiger partial charge in [0.15, 0.2) is 5.76 Å². The number of benzene rings is 2. The van der Waals surface area contributed by atoms with Gasteiger partial charge in [0.25, 0.3) is 0 Å². The lowest BCUT2D eigenvalue weighted by molar-refractivity contribution is -0.132. The molecule has 0 bridgehead atoms. The summed E-state index contributed by atoms with van der Waals surface area (Å²) in [5.41, 5.74) is 4.37. The number of hydrogen-bond donors (Lipinski definition) is 0. The summed E-state index contributed by atoms with van der Waals surface area (Å²) in [6.07, 6.45) is 1.62. The van der Waals surface area contributed by atoms with Crippen molar-refractivity contribution in [3.8, 4) is 11.3 Å². The fourth-order valence-corrected chi connectivity index (χ4v) is 3.55. The smallest absolute Gasteiger partial charge is 0.408 e. The summed E-state index contributed by atoms with van der Waals surface area (Å²) in [4.78, 5) is 29.0. The van der Waals surface area contributed by atoms with Crippen molar-refractivity contribution >= 4 is 11.6 Å². The second-order valence-corrected chi connectivity index (χ2v) is 7.56. The highest BCUT2D eigenvalue weighted by Crippen LogP contribution is 2.19. The van der Waals surface area contributed by atoms with Gasteiger partial charge >= 0.3 is 5.76 Å². The molecule has 1 amide bonds. The Morgan fingerprint density at radius 3 is 2.10 bits per heavy atom. The van der Waals surface area contributed by atoms with Crippen LogP contribution in [-0.4, -0.2) is 41.6 Å². The number of nitrogens with zero attached hydrogens (tertiary/aromatic N) is 3. The molecule has 1 aliphatic rings. The average molecular weight is 391 g/mol. The maximum atomic E-state index is 12.7. The van der Waals surface area contributed by atoms with Crippen LogP contribution < -0.4 is 10.7 Å². The van der Waals surface area contributed by atoms with E-state index >= 15 is 0 Å². The summed E-state index contributed by atoms with van der Waals surface area (Å²) in [6, 6.07) is 16.2. The van der Waals surface area contributed by atoms with Gasteiger partial charge in [0.05, 0.1) is 6.20 Å². The summed E-state index contributed by atoms with van der Waals surface area (Å²) in [6.45, 7) is 6.92. The molecule has 4 rings (SSSR count). The normalized spacial score (nSPS) is 14.3. The van der Waals surface area contributed by atoms with Crippen molar-refractivity contribution in [1.29, 1.82) is 0 Å². The van der Waals surface area contributed by atoms with E-state index in [-0.39, 0.29) is 12.5 Å². The van der Waals surface area contributed by atoms with Crippen molar-refractivity contribution < 1.29 is 9.21 Å². The van der Waals surface area contributed by atoms with E-state index in [0.29, 0.717) is 18.8 Å². The largest absolute Gasteiger partial charge is 0.419 e. The number of aryl methyl sites for hydroxylation is 2. The number of aromatic nitrogens is 1. The highest BCUT2D eigenvalue weighted by molar-refractivity contribution is 5.76. The van der Waals surface area contributed by atoms with Gasteiger partial charge < -0.3 is 14.2 Å². The first-order valence-electron chi connectivity index (χ1n) is 9.86. The molecule has 2 aromatic carbocycles. The van der Waals surface area contributed by atoms with Crippen molar-refractivity contribution in [2.45, 2.75) is 20.4 Å². The van der Waals surface area contributed by atoms with Crippen molar-refractivity contribution in [2.24, 2.45) is 0 Å². The van der Waals surface area contributed by atoms with Gasteiger partial charge in [-0.25, -0.2) is 4.79 Å². The lowest BCUT2D eigenvalue weighted by atomic mass is 10.1. The number of carbonyl (C=O) groups is 1. The van der Waals surface area contributed by atoms with Crippen LogP contribution >= 0.6 is 0 Å². The summed E-state index contributed by atoms with van der Waals surface area (Å²) in [5, 5.41) is 0. The van der Waals surface area contributed by atoms with Gasteiger partial charge in [-0.1, -0.05) is 47.5 Å². The number of oxazole rings is 1. The van der Waals surface area contributed by atoms with Crippen molar-refractivity contribution in [1.82, 2.24) is 9.47 Å². The predicted molar refractivity (Wildman–Crippen MR) is 113 cm³/mol. The predicted octanol–water partition coefficient (Wildman–Crippen LogP) is 3.07. The van der Waals surface area contributed by atoms with Crippen LogP contribution in [0, 0.1) is 13.8 Å². The molecule has 0 unspecified atom stereocenters. The molecule has 1 saturated heterocycles. The molecule has 0 N–H and O–H groups in total. The first-order chi connectivity index (χ1) is 14.0. The third-order valence-corrected chi connectivity index (χ3v) is 5.38. The number of anilines is 1. The third-order valence-electron chi connectivity index (χ3n) is 5.38. The number of rotatable bonds is 4. The zero-order chi connectivity index (χ0) is 20.4. The topological polar surface area (TPSA) is 58.7 Å². The Kier molecular flexibility index (Phi) is 5.25.